The van der Waals surface area contributed by atoms with E-state index in [0.717, 1.165) is 0 Å². The third-order valence-electron chi connectivity index (χ3n) is 3.45. The van der Waals surface area contributed by atoms with E-state index in [1.165, 1.54) is 36.3 Å². The van der Waals surface area contributed by atoms with Gasteiger partial charge in [-0.1, -0.05) is 27.7 Å². The molecule has 0 saturated carbocycles. The van der Waals surface area contributed by atoms with Gasteiger partial charge in [0.1, 0.15) is 0 Å². The van der Waals surface area contributed by atoms with Gasteiger partial charge in [-0.25, -0.2) is 0 Å². The van der Waals surface area contributed by atoms with Crippen molar-refractivity contribution >= 4 is 29.4 Å². The summed E-state index contributed by atoms with van der Waals surface area (Å²) in [5, 5.41) is 4.41. The van der Waals surface area contributed by atoms with Gasteiger partial charge in [0, 0.05) is 5.38 Å². The lowest BCUT2D eigenvalue weighted by Crippen LogP contribution is -2.19. The minimum Gasteiger partial charge on any atom is -0.193 e. The summed E-state index contributed by atoms with van der Waals surface area (Å²) in [5.41, 5.74) is 2.87. The molecule has 0 unspecified atom stereocenters. The van der Waals surface area contributed by atoms with E-state index >= 15 is 0 Å². The first-order valence-corrected chi connectivity index (χ1v) is 8.29. The predicted molar refractivity (Wildman–Crippen MR) is 81.8 cm³/mol. The van der Waals surface area contributed by atoms with Crippen LogP contribution in [0.15, 0.2) is 10.8 Å². The second-order valence-electron chi connectivity index (χ2n) is 4.55. The van der Waals surface area contributed by atoms with Gasteiger partial charge in [0.25, 0.3) is 0 Å². The molecule has 17 heavy (non-hydrogen) atoms. The summed E-state index contributed by atoms with van der Waals surface area (Å²) in [5.74, 6) is 1.19. The van der Waals surface area contributed by atoms with Gasteiger partial charge in [0.2, 0.25) is 0 Å². The van der Waals surface area contributed by atoms with E-state index in [2.05, 4.69) is 48.9 Å². The van der Waals surface area contributed by atoms with Crippen LogP contribution in [0.25, 0.3) is 6.08 Å². The van der Waals surface area contributed by atoms with Crippen LogP contribution in [0.2, 0.25) is 0 Å². The summed E-state index contributed by atoms with van der Waals surface area (Å²) in [4.78, 5) is 0. The average Bonchev–Trinajstić information content (AvgIpc) is 2.82. The fourth-order valence-corrected chi connectivity index (χ4v) is 3.18. The van der Waals surface area contributed by atoms with E-state index in [1.54, 1.807) is 11.5 Å². The summed E-state index contributed by atoms with van der Waals surface area (Å²) in [6, 6.07) is 0. The number of hydrogen-bond acceptors (Lipinski definition) is 3. The number of rotatable bonds is 7. The molecule has 0 fully saturated rings. The molecule has 0 radical (unpaired) electrons. The SMILES string of the molecule is CCCSC=Cc1nscc1C(C)(CC)CC. The predicted octanol–water partition coefficient (Wildman–Crippen LogP) is 5.33. The van der Waals surface area contributed by atoms with Crippen LogP contribution in [0.4, 0.5) is 0 Å². The zero-order valence-electron chi connectivity index (χ0n) is 11.3. The maximum absolute atomic E-state index is 4.52. The standard InChI is InChI=1S/C14H23NS2/c1-5-9-16-10-8-13-12(11-17-15-13)14(4,6-2)7-3/h8,10-11H,5-7,9H2,1-4H3. The molecule has 0 saturated heterocycles. The van der Waals surface area contributed by atoms with Crippen LogP contribution in [-0.2, 0) is 5.41 Å². The summed E-state index contributed by atoms with van der Waals surface area (Å²) in [6.45, 7) is 9.08. The van der Waals surface area contributed by atoms with E-state index < -0.39 is 0 Å². The molecule has 1 aromatic rings. The molecule has 0 amide bonds. The van der Waals surface area contributed by atoms with Gasteiger partial charge in [-0.3, -0.25) is 0 Å². The van der Waals surface area contributed by atoms with E-state index in [4.69, 9.17) is 0 Å². The Morgan fingerprint density at radius 2 is 2.06 bits per heavy atom. The number of hydrogen-bond donors (Lipinski definition) is 0. The number of thioether (sulfide) groups is 1. The molecular formula is C14H23NS2. The lowest BCUT2D eigenvalue weighted by atomic mass is 9.78. The highest BCUT2D eigenvalue weighted by Crippen LogP contribution is 2.34. The zero-order chi connectivity index (χ0) is 12.7. The molecule has 1 heterocycles. The van der Waals surface area contributed by atoms with Crippen LogP contribution >= 0.6 is 23.3 Å². The monoisotopic (exact) mass is 269 g/mol. The molecule has 0 aliphatic rings. The van der Waals surface area contributed by atoms with Crippen LogP contribution in [0, 0.1) is 0 Å². The van der Waals surface area contributed by atoms with Crippen molar-refractivity contribution in [3.8, 4) is 0 Å². The molecule has 96 valence electrons. The maximum atomic E-state index is 4.52. The summed E-state index contributed by atoms with van der Waals surface area (Å²) >= 11 is 3.45. The fraction of sp³-hybridized carbons (Fsp3) is 0.643. The fourth-order valence-electron chi connectivity index (χ4n) is 1.75. The van der Waals surface area contributed by atoms with Crippen molar-refractivity contribution in [1.82, 2.24) is 4.37 Å². The lowest BCUT2D eigenvalue weighted by Gasteiger charge is -2.26. The third kappa shape index (κ3) is 3.85. The van der Waals surface area contributed by atoms with E-state index in [-0.39, 0.29) is 5.41 Å². The zero-order valence-corrected chi connectivity index (χ0v) is 13.0. The first kappa shape index (κ1) is 14.8. The van der Waals surface area contributed by atoms with E-state index in [0.29, 0.717) is 0 Å². The van der Waals surface area contributed by atoms with Gasteiger partial charge in [-0.2, -0.15) is 4.37 Å². The Kier molecular flexibility index (Phi) is 6.28. The second-order valence-corrected chi connectivity index (χ2v) is 6.20. The smallest absolute Gasteiger partial charge is 0.0810 e. The van der Waals surface area contributed by atoms with Gasteiger partial charge >= 0.3 is 0 Å². The minimum atomic E-state index is 0.280. The Hall–Kier alpha value is -0.280. The molecular weight excluding hydrogens is 246 g/mol. The molecule has 0 bridgehead atoms. The van der Waals surface area contributed by atoms with Crippen molar-refractivity contribution in [1.29, 1.82) is 0 Å². The summed E-state index contributed by atoms with van der Waals surface area (Å²) < 4.78 is 4.52. The molecule has 1 aromatic heterocycles. The van der Waals surface area contributed by atoms with Gasteiger partial charge < -0.3 is 0 Å². The van der Waals surface area contributed by atoms with Crippen LogP contribution in [-0.4, -0.2) is 10.1 Å². The summed E-state index contributed by atoms with van der Waals surface area (Å²) in [6.07, 6.45) is 5.74. The Labute approximate surface area is 114 Å². The number of nitrogens with zero attached hydrogens (tertiary/aromatic N) is 1. The molecule has 0 aliphatic carbocycles. The first-order chi connectivity index (χ1) is 8.18. The molecule has 0 aliphatic heterocycles. The average molecular weight is 269 g/mol. The van der Waals surface area contributed by atoms with E-state index in [9.17, 15) is 0 Å². The van der Waals surface area contributed by atoms with Crippen molar-refractivity contribution in [3.63, 3.8) is 0 Å². The summed E-state index contributed by atoms with van der Waals surface area (Å²) in [7, 11) is 0. The van der Waals surface area contributed by atoms with Crippen molar-refractivity contribution < 1.29 is 0 Å². The highest BCUT2D eigenvalue weighted by molar-refractivity contribution is 8.02. The molecule has 0 spiro atoms. The van der Waals surface area contributed by atoms with Crippen molar-refractivity contribution in [2.24, 2.45) is 0 Å². The second kappa shape index (κ2) is 7.22. The largest absolute Gasteiger partial charge is 0.193 e. The maximum Gasteiger partial charge on any atom is 0.0810 e. The topological polar surface area (TPSA) is 12.9 Å². The molecule has 1 nitrogen and oxygen atoms in total. The normalized spacial score (nSPS) is 12.5. The Morgan fingerprint density at radius 3 is 2.65 bits per heavy atom. The highest BCUT2D eigenvalue weighted by atomic mass is 32.2. The van der Waals surface area contributed by atoms with Crippen LogP contribution < -0.4 is 0 Å². The highest BCUT2D eigenvalue weighted by Gasteiger charge is 2.25. The van der Waals surface area contributed by atoms with Crippen molar-refractivity contribution in [3.05, 3.63) is 22.0 Å². The molecule has 1 rings (SSSR count). The van der Waals surface area contributed by atoms with Crippen molar-refractivity contribution in [2.75, 3.05) is 5.75 Å². The van der Waals surface area contributed by atoms with Crippen LogP contribution in [0.1, 0.15) is 58.2 Å². The third-order valence-corrected chi connectivity index (χ3v) is 5.07. The molecule has 0 atom stereocenters. The van der Waals surface area contributed by atoms with Gasteiger partial charge in [0.05, 0.1) is 5.69 Å². The Bertz CT molecular complexity index is 351. The molecule has 0 N–H and O–H groups in total. The quantitative estimate of drug-likeness (QED) is 0.620. The number of aromatic nitrogens is 1. The molecule has 3 heteroatoms. The van der Waals surface area contributed by atoms with Crippen LogP contribution in [0.3, 0.4) is 0 Å². The van der Waals surface area contributed by atoms with Gasteiger partial charge in [-0.05, 0) is 59.0 Å². The minimum absolute atomic E-state index is 0.280. The van der Waals surface area contributed by atoms with Gasteiger partial charge in [0.15, 0.2) is 0 Å². The van der Waals surface area contributed by atoms with Crippen LogP contribution in [0.5, 0.6) is 0 Å². The molecule has 0 aromatic carbocycles. The van der Waals surface area contributed by atoms with Crippen molar-refractivity contribution in [2.45, 2.75) is 52.4 Å². The van der Waals surface area contributed by atoms with Gasteiger partial charge in [-0.15, -0.1) is 11.8 Å². The Morgan fingerprint density at radius 1 is 1.35 bits per heavy atom. The first-order valence-electron chi connectivity index (χ1n) is 6.41. The Balaban J connectivity index is 2.82. The lowest BCUT2D eigenvalue weighted by molar-refractivity contribution is 0.439. The van der Waals surface area contributed by atoms with E-state index in [1.807, 2.05) is 11.8 Å².